The predicted molar refractivity (Wildman–Crippen MR) is 54.0 cm³/mol. The van der Waals surface area contributed by atoms with E-state index in [1.165, 1.54) is 12.0 Å². The molecule has 1 aromatic rings. The van der Waals surface area contributed by atoms with Gasteiger partial charge >= 0.3 is 0 Å². The number of nitrogens with zero attached hydrogens (tertiary/aromatic N) is 2. The minimum absolute atomic E-state index is 0.428. The second kappa shape index (κ2) is 2.97. The summed E-state index contributed by atoms with van der Waals surface area (Å²) >= 11 is 1.82. The first-order valence-electron chi connectivity index (χ1n) is 4.66. The van der Waals surface area contributed by atoms with E-state index in [1.54, 1.807) is 6.20 Å². The molecule has 2 bridgehead atoms. The van der Waals surface area contributed by atoms with Crippen LogP contribution in [0.2, 0.25) is 0 Å². The van der Waals surface area contributed by atoms with Crippen LogP contribution >= 0.6 is 11.8 Å². The zero-order valence-electron chi connectivity index (χ0n) is 7.53. The van der Waals surface area contributed by atoms with Gasteiger partial charge in [-0.15, -0.1) is 11.8 Å². The van der Waals surface area contributed by atoms with E-state index in [9.17, 15) is 0 Å². The third-order valence-corrected chi connectivity index (χ3v) is 4.18. The molecule has 0 spiro atoms. The van der Waals surface area contributed by atoms with Crippen molar-refractivity contribution >= 4 is 11.8 Å². The monoisotopic (exact) mass is 203 g/mol. The van der Waals surface area contributed by atoms with Crippen molar-refractivity contribution in [2.24, 2.45) is 0 Å². The van der Waals surface area contributed by atoms with Crippen LogP contribution in [0.15, 0.2) is 17.3 Å². The lowest BCUT2D eigenvalue weighted by Gasteiger charge is -2.21. The van der Waals surface area contributed by atoms with Crippen LogP contribution in [0.4, 0.5) is 0 Å². The predicted octanol–water partition coefficient (Wildman–Crippen LogP) is 1.46. The number of aromatic nitrogens is 1. The van der Waals surface area contributed by atoms with Gasteiger partial charge in [-0.05, 0) is 6.42 Å². The van der Waals surface area contributed by atoms with Crippen LogP contribution < -0.4 is 5.32 Å². The van der Waals surface area contributed by atoms with Crippen LogP contribution in [0.3, 0.4) is 0 Å². The van der Waals surface area contributed by atoms with Crippen molar-refractivity contribution in [1.82, 2.24) is 10.3 Å². The minimum atomic E-state index is 0.428. The third kappa shape index (κ3) is 1.06. The average molecular weight is 203 g/mol. The lowest BCUT2D eigenvalue weighted by molar-refractivity contribution is 0.629. The highest BCUT2D eigenvalue weighted by Crippen LogP contribution is 2.44. The van der Waals surface area contributed by atoms with Gasteiger partial charge in [-0.1, -0.05) is 0 Å². The van der Waals surface area contributed by atoms with Crippen molar-refractivity contribution in [3.05, 3.63) is 23.5 Å². The molecule has 2 atom stereocenters. The van der Waals surface area contributed by atoms with Gasteiger partial charge in [0.1, 0.15) is 6.07 Å². The standard InChI is InChI=1S/C10H9N3S/c11-2-6-3-12-5-8-9-1-7(4-13-9)14-10(6)8/h3,5,7,9,13H,1,4H2. The second-order valence-electron chi connectivity index (χ2n) is 3.65. The maximum absolute atomic E-state index is 8.96. The maximum atomic E-state index is 8.96. The Morgan fingerprint density at radius 3 is 3.36 bits per heavy atom. The molecule has 14 heavy (non-hydrogen) atoms. The first-order valence-corrected chi connectivity index (χ1v) is 5.54. The average Bonchev–Trinajstić information content (AvgIpc) is 2.61. The summed E-state index contributed by atoms with van der Waals surface area (Å²) in [6.45, 7) is 1.05. The highest BCUT2D eigenvalue weighted by atomic mass is 32.2. The van der Waals surface area contributed by atoms with E-state index in [4.69, 9.17) is 5.26 Å². The number of nitrogens with one attached hydrogen (secondary N) is 1. The number of rotatable bonds is 0. The fraction of sp³-hybridized carbons (Fsp3) is 0.400. The summed E-state index contributed by atoms with van der Waals surface area (Å²) in [4.78, 5) is 5.26. The summed E-state index contributed by atoms with van der Waals surface area (Å²) < 4.78 is 0. The molecule has 3 heterocycles. The Morgan fingerprint density at radius 2 is 2.50 bits per heavy atom. The molecule has 70 valence electrons. The van der Waals surface area contributed by atoms with E-state index in [0.717, 1.165) is 17.0 Å². The number of fused-ring (bicyclic) bond motifs is 4. The summed E-state index contributed by atoms with van der Waals surface area (Å²) in [5.41, 5.74) is 1.94. The van der Waals surface area contributed by atoms with E-state index in [-0.39, 0.29) is 0 Å². The summed E-state index contributed by atoms with van der Waals surface area (Å²) in [5.74, 6) is 0. The van der Waals surface area contributed by atoms with E-state index in [1.807, 2.05) is 18.0 Å². The molecule has 0 saturated carbocycles. The molecule has 3 nitrogen and oxygen atoms in total. The maximum Gasteiger partial charge on any atom is 0.102 e. The molecule has 4 heteroatoms. The highest BCUT2D eigenvalue weighted by molar-refractivity contribution is 8.00. The Bertz CT molecular complexity index is 424. The largest absolute Gasteiger partial charge is 0.309 e. The van der Waals surface area contributed by atoms with Gasteiger partial charge in [-0.2, -0.15) is 5.26 Å². The van der Waals surface area contributed by atoms with Crippen LogP contribution in [0, 0.1) is 11.3 Å². The molecule has 0 aliphatic carbocycles. The normalized spacial score (nSPS) is 28.2. The SMILES string of the molecule is N#Cc1cncc2c1SC1CNC2C1. The zero-order chi connectivity index (χ0) is 9.54. The molecule has 0 aromatic carbocycles. The molecule has 2 aliphatic rings. The van der Waals surface area contributed by atoms with Crippen molar-refractivity contribution in [2.75, 3.05) is 6.54 Å². The van der Waals surface area contributed by atoms with Crippen molar-refractivity contribution in [3.63, 3.8) is 0 Å². The highest BCUT2D eigenvalue weighted by Gasteiger charge is 2.34. The molecule has 1 saturated heterocycles. The molecule has 1 aromatic heterocycles. The number of nitriles is 1. The fourth-order valence-corrected chi connectivity index (χ4v) is 3.48. The fourth-order valence-electron chi connectivity index (χ4n) is 2.12. The number of pyridine rings is 1. The number of hydrogen-bond acceptors (Lipinski definition) is 4. The molecule has 2 aliphatic heterocycles. The van der Waals surface area contributed by atoms with Crippen molar-refractivity contribution < 1.29 is 0 Å². The zero-order valence-corrected chi connectivity index (χ0v) is 8.34. The summed E-state index contributed by atoms with van der Waals surface area (Å²) in [6, 6.07) is 2.64. The van der Waals surface area contributed by atoms with Gasteiger partial charge in [-0.25, -0.2) is 0 Å². The van der Waals surface area contributed by atoms with E-state index in [2.05, 4.69) is 16.4 Å². The molecule has 1 fully saturated rings. The number of thioether (sulfide) groups is 1. The van der Waals surface area contributed by atoms with Gasteiger partial charge in [0.25, 0.3) is 0 Å². The molecular weight excluding hydrogens is 194 g/mol. The van der Waals surface area contributed by atoms with Gasteiger partial charge < -0.3 is 5.32 Å². The molecule has 1 N–H and O–H groups in total. The Labute approximate surface area is 86.5 Å². The Hall–Kier alpha value is -1.05. The van der Waals surface area contributed by atoms with Crippen molar-refractivity contribution in [3.8, 4) is 6.07 Å². The first-order chi connectivity index (χ1) is 6.88. The van der Waals surface area contributed by atoms with Crippen LogP contribution in [-0.2, 0) is 0 Å². The van der Waals surface area contributed by atoms with Crippen LogP contribution in [0.1, 0.15) is 23.6 Å². The smallest absolute Gasteiger partial charge is 0.102 e. The summed E-state index contributed by atoms with van der Waals surface area (Å²) in [7, 11) is 0. The molecule has 0 amide bonds. The Kier molecular flexibility index (Phi) is 1.76. The second-order valence-corrected chi connectivity index (χ2v) is 4.96. The topological polar surface area (TPSA) is 48.7 Å². The summed E-state index contributed by atoms with van der Waals surface area (Å²) in [5, 5.41) is 13.1. The van der Waals surface area contributed by atoms with Crippen LogP contribution in [-0.4, -0.2) is 16.8 Å². The van der Waals surface area contributed by atoms with Gasteiger partial charge in [0.15, 0.2) is 0 Å². The lowest BCUT2D eigenvalue weighted by atomic mass is 10.1. The first kappa shape index (κ1) is 8.27. The minimum Gasteiger partial charge on any atom is -0.309 e. The van der Waals surface area contributed by atoms with Crippen molar-refractivity contribution in [2.45, 2.75) is 22.6 Å². The number of hydrogen-bond donors (Lipinski definition) is 1. The summed E-state index contributed by atoms with van der Waals surface area (Å²) in [6.07, 6.45) is 4.73. The van der Waals surface area contributed by atoms with E-state index < -0.39 is 0 Å². The molecule has 2 unspecified atom stereocenters. The third-order valence-electron chi connectivity index (χ3n) is 2.79. The Morgan fingerprint density at radius 1 is 1.57 bits per heavy atom. The van der Waals surface area contributed by atoms with Gasteiger partial charge in [0.05, 0.1) is 5.56 Å². The molecule has 3 rings (SSSR count). The van der Waals surface area contributed by atoms with E-state index >= 15 is 0 Å². The van der Waals surface area contributed by atoms with Crippen LogP contribution in [0.5, 0.6) is 0 Å². The molecular formula is C10H9N3S. The van der Waals surface area contributed by atoms with Gasteiger partial charge in [-0.3, -0.25) is 4.98 Å². The molecule has 0 radical (unpaired) electrons. The van der Waals surface area contributed by atoms with E-state index in [0.29, 0.717) is 11.3 Å². The lowest BCUT2D eigenvalue weighted by Crippen LogP contribution is -2.13. The van der Waals surface area contributed by atoms with Gasteiger partial charge in [0.2, 0.25) is 0 Å². The van der Waals surface area contributed by atoms with Crippen molar-refractivity contribution in [1.29, 1.82) is 5.26 Å². The quantitative estimate of drug-likeness (QED) is 0.693. The Balaban J connectivity index is 2.18. The van der Waals surface area contributed by atoms with Crippen LogP contribution in [0.25, 0.3) is 0 Å². The van der Waals surface area contributed by atoms with Gasteiger partial charge in [0, 0.05) is 40.7 Å².